The number of nitrogens with zero attached hydrogens (tertiary/aromatic N) is 6. The van der Waals surface area contributed by atoms with Crippen LogP contribution in [0.2, 0.25) is 0 Å². The molecule has 1 spiro atoms. The number of benzene rings is 1. The highest BCUT2D eigenvalue weighted by Crippen LogP contribution is 2.57. The molecular weight excluding hydrogens is 455 g/mol. The van der Waals surface area contributed by atoms with Crippen molar-refractivity contribution in [2.75, 3.05) is 23.3 Å². The Morgan fingerprint density at radius 1 is 0.943 bits per heavy atom. The predicted octanol–water partition coefficient (Wildman–Crippen LogP) is 5.06. The summed E-state index contributed by atoms with van der Waals surface area (Å²) in [5.74, 6) is -1.04. The van der Waals surface area contributed by atoms with Crippen molar-refractivity contribution in [2.24, 2.45) is 12.5 Å². The van der Waals surface area contributed by atoms with Gasteiger partial charge in [-0.15, -0.1) is 5.10 Å². The molecule has 0 unspecified atom stereocenters. The fraction of sp³-hybridized carbons (Fsp3) is 0.280. The lowest BCUT2D eigenvalue weighted by Gasteiger charge is -2.59. The number of nitrogens with one attached hydrogen (secondary N) is 1. The van der Waals surface area contributed by atoms with Gasteiger partial charge in [0.2, 0.25) is 11.9 Å². The lowest BCUT2D eigenvalue weighted by molar-refractivity contribution is -0.170. The summed E-state index contributed by atoms with van der Waals surface area (Å²) in [5, 5.41) is 7.70. The Labute approximate surface area is 199 Å². The van der Waals surface area contributed by atoms with E-state index < -0.39 is 5.92 Å². The topological polar surface area (TPSA) is 71.8 Å². The fourth-order valence-corrected chi connectivity index (χ4v) is 4.99. The Morgan fingerprint density at radius 2 is 1.69 bits per heavy atom. The van der Waals surface area contributed by atoms with E-state index in [0.717, 1.165) is 22.6 Å². The minimum atomic E-state index is -2.50. The van der Waals surface area contributed by atoms with Gasteiger partial charge in [-0.2, -0.15) is 4.98 Å². The molecule has 35 heavy (non-hydrogen) atoms. The van der Waals surface area contributed by atoms with Crippen LogP contribution in [0.1, 0.15) is 12.8 Å². The summed E-state index contributed by atoms with van der Waals surface area (Å²) < 4.78 is 42.1. The van der Waals surface area contributed by atoms with Gasteiger partial charge in [-0.25, -0.2) is 22.8 Å². The molecule has 0 atom stereocenters. The van der Waals surface area contributed by atoms with Crippen LogP contribution in [0.4, 0.5) is 30.6 Å². The Bertz CT molecular complexity index is 1370. The lowest BCUT2D eigenvalue weighted by atomic mass is 9.61. The van der Waals surface area contributed by atoms with Gasteiger partial charge in [0.1, 0.15) is 11.6 Å². The number of alkyl halides is 2. The maximum absolute atomic E-state index is 14.0. The summed E-state index contributed by atoms with van der Waals surface area (Å²) in [6.45, 7) is 1.24. The van der Waals surface area contributed by atoms with Gasteiger partial charge in [-0.1, -0.05) is 12.1 Å². The molecule has 6 rings (SSSR count). The van der Waals surface area contributed by atoms with Crippen molar-refractivity contribution in [3.8, 4) is 22.5 Å². The van der Waals surface area contributed by atoms with Gasteiger partial charge in [-0.3, -0.25) is 4.98 Å². The van der Waals surface area contributed by atoms with E-state index in [1.54, 1.807) is 30.2 Å². The number of pyridine rings is 2. The van der Waals surface area contributed by atoms with Crippen molar-refractivity contribution in [2.45, 2.75) is 18.8 Å². The van der Waals surface area contributed by atoms with Crippen LogP contribution in [0, 0.1) is 11.2 Å². The Balaban J connectivity index is 1.12. The third-order valence-electron chi connectivity index (χ3n) is 6.64. The fourth-order valence-electron chi connectivity index (χ4n) is 4.99. The first-order chi connectivity index (χ1) is 16.8. The molecule has 178 valence electrons. The second-order valence-corrected chi connectivity index (χ2v) is 9.41. The van der Waals surface area contributed by atoms with E-state index in [1.165, 1.54) is 6.20 Å². The minimum absolute atomic E-state index is 0.0223. The summed E-state index contributed by atoms with van der Waals surface area (Å²) in [5.41, 5.74) is 2.54. The predicted molar refractivity (Wildman–Crippen MR) is 126 cm³/mol. The zero-order valence-electron chi connectivity index (χ0n) is 18.9. The van der Waals surface area contributed by atoms with Gasteiger partial charge < -0.3 is 10.2 Å². The summed E-state index contributed by atoms with van der Waals surface area (Å²) in [6.07, 6.45) is 4.41. The third kappa shape index (κ3) is 3.98. The molecular formula is C25H22F3N7. The summed E-state index contributed by atoms with van der Waals surface area (Å²) in [4.78, 5) is 14.9. The van der Waals surface area contributed by atoms with Crippen LogP contribution in [-0.4, -0.2) is 43.7 Å². The number of halogens is 3. The molecule has 10 heteroatoms. The second kappa shape index (κ2) is 7.79. The Morgan fingerprint density at radius 3 is 2.34 bits per heavy atom. The van der Waals surface area contributed by atoms with Gasteiger partial charge in [-0.05, 0) is 35.9 Å². The third-order valence-corrected chi connectivity index (χ3v) is 6.64. The zero-order valence-corrected chi connectivity index (χ0v) is 18.9. The standard InChI is InChI=1S/C25H22F3N7/c1-34-23(31-18-5-2-16(3-6-18)19-8-9-29-11-20(19)26)32-22(33-34)17-4-7-21(30-10-17)35-14-24(15-35)12-25(27,28)13-24/h2-11H,12-15H2,1H3,(H,31,32,33). The van der Waals surface area contributed by atoms with Gasteiger partial charge in [0.25, 0.3) is 0 Å². The Hall–Kier alpha value is -3.95. The average Bonchev–Trinajstić information content (AvgIpc) is 3.17. The molecule has 2 fully saturated rings. The number of anilines is 3. The molecule has 1 saturated carbocycles. The van der Waals surface area contributed by atoms with Crippen LogP contribution >= 0.6 is 0 Å². The van der Waals surface area contributed by atoms with Gasteiger partial charge in [0.15, 0.2) is 5.82 Å². The molecule has 0 radical (unpaired) electrons. The van der Waals surface area contributed by atoms with E-state index in [2.05, 4.69) is 25.4 Å². The van der Waals surface area contributed by atoms with Crippen molar-refractivity contribution in [3.05, 3.63) is 66.9 Å². The maximum atomic E-state index is 14.0. The van der Waals surface area contributed by atoms with Crippen molar-refractivity contribution in [1.82, 2.24) is 24.7 Å². The van der Waals surface area contributed by atoms with Gasteiger partial charge in [0, 0.05) is 67.6 Å². The molecule has 1 N–H and O–H groups in total. The Kier molecular flexibility index (Phi) is 4.80. The molecule has 2 aliphatic rings. The van der Waals surface area contributed by atoms with Crippen molar-refractivity contribution < 1.29 is 13.2 Å². The first-order valence-electron chi connectivity index (χ1n) is 11.3. The number of aryl methyl sites for hydroxylation is 1. The van der Waals surface area contributed by atoms with Crippen LogP contribution < -0.4 is 10.2 Å². The molecule has 1 aromatic carbocycles. The normalized spacial score (nSPS) is 17.7. The molecule has 4 heterocycles. The largest absolute Gasteiger partial charge is 0.355 e. The number of rotatable bonds is 5. The van der Waals surface area contributed by atoms with E-state index >= 15 is 0 Å². The maximum Gasteiger partial charge on any atom is 0.249 e. The quantitative estimate of drug-likeness (QED) is 0.433. The molecule has 7 nitrogen and oxygen atoms in total. The summed E-state index contributed by atoms with van der Waals surface area (Å²) in [7, 11) is 1.79. The molecule has 0 bridgehead atoms. The lowest BCUT2D eigenvalue weighted by Crippen LogP contribution is -2.66. The molecule has 4 aromatic rings. The first-order valence-corrected chi connectivity index (χ1v) is 11.3. The summed E-state index contributed by atoms with van der Waals surface area (Å²) in [6, 6.07) is 12.7. The minimum Gasteiger partial charge on any atom is -0.355 e. The zero-order chi connectivity index (χ0) is 24.2. The summed E-state index contributed by atoms with van der Waals surface area (Å²) >= 11 is 0. The van der Waals surface area contributed by atoms with Gasteiger partial charge >= 0.3 is 0 Å². The molecule has 3 aromatic heterocycles. The number of hydrogen-bond acceptors (Lipinski definition) is 6. The SMILES string of the molecule is Cn1nc(-c2ccc(N3CC4(C3)CC(F)(F)C4)nc2)nc1Nc1ccc(-c2ccncc2F)cc1. The van der Waals surface area contributed by atoms with Crippen LogP contribution in [0.5, 0.6) is 0 Å². The van der Waals surface area contributed by atoms with E-state index in [9.17, 15) is 13.2 Å². The molecule has 1 saturated heterocycles. The van der Waals surface area contributed by atoms with Crippen molar-refractivity contribution in [1.29, 1.82) is 0 Å². The first kappa shape index (κ1) is 21.6. The van der Waals surface area contributed by atoms with E-state index in [1.807, 2.05) is 41.3 Å². The monoisotopic (exact) mass is 477 g/mol. The van der Waals surface area contributed by atoms with Crippen LogP contribution in [-0.2, 0) is 7.05 Å². The second-order valence-electron chi connectivity index (χ2n) is 9.41. The number of hydrogen-bond donors (Lipinski definition) is 1. The molecule has 1 aliphatic heterocycles. The van der Waals surface area contributed by atoms with Crippen molar-refractivity contribution >= 4 is 17.5 Å². The number of aromatic nitrogens is 5. The van der Waals surface area contributed by atoms with E-state index in [0.29, 0.717) is 30.4 Å². The van der Waals surface area contributed by atoms with Crippen molar-refractivity contribution in [3.63, 3.8) is 0 Å². The highest BCUT2D eigenvalue weighted by molar-refractivity contribution is 5.68. The van der Waals surface area contributed by atoms with Crippen LogP contribution in [0.25, 0.3) is 22.5 Å². The van der Waals surface area contributed by atoms with Crippen LogP contribution in [0.3, 0.4) is 0 Å². The smallest absolute Gasteiger partial charge is 0.249 e. The van der Waals surface area contributed by atoms with E-state index in [4.69, 9.17) is 0 Å². The van der Waals surface area contributed by atoms with Crippen LogP contribution in [0.15, 0.2) is 61.1 Å². The highest BCUT2D eigenvalue weighted by atomic mass is 19.3. The molecule has 1 aliphatic carbocycles. The highest BCUT2D eigenvalue weighted by Gasteiger charge is 2.61. The van der Waals surface area contributed by atoms with E-state index in [-0.39, 0.29) is 24.1 Å². The molecule has 0 amide bonds. The van der Waals surface area contributed by atoms with Gasteiger partial charge in [0.05, 0.1) is 6.20 Å². The average molecular weight is 477 g/mol.